The molecule has 0 aliphatic rings. The fraction of sp³-hybridized carbons (Fsp3) is 0.312. The van der Waals surface area contributed by atoms with E-state index < -0.39 is 40.1 Å². The second kappa shape index (κ2) is 9.21. The molecule has 1 heterocycles. The summed E-state index contributed by atoms with van der Waals surface area (Å²) >= 11 is 0.704. The Morgan fingerprint density at radius 2 is 1.93 bits per heavy atom. The van der Waals surface area contributed by atoms with Gasteiger partial charge in [-0.15, -0.1) is 10.2 Å². The summed E-state index contributed by atoms with van der Waals surface area (Å²) in [6.07, 6.45) is 0. The van der Waals surface area contributed by atoms with Crippen LogP contribution >= 0.6 is 11.8 Å². The van der Waals surface area contributed by atoms with Crippen LogP contribution in [0.3, 0.4) is 0 Å². The van der Waals surface area contributed by atoms with Crippen molar-refractivity contribution in [1.82, 2.24) is 15.5 Å². The van der Waals surface area contributed by atoms with Gasteiger partial charge in [-0.25, -0.2) is 8.78 Å². The normalized spacial score (nSPS) is 11.7. The minimum Gasteiger partial charge on any atom is -0.465 e. The first-order valence-electron chi connectivity index (χ1n) is 7.71. The number of hydrogen-bond acceptors (Lipinski definition) is 8. The molecule has 1 atom stereocenters. The fourth-order valence-electron chi connectivity index (χ4n) is 1.93. The molecule has 1 aromatic carbocycles. The minimum absolute atomic E-state index is 0.0752. The maximum absolute atomic E-state index is 13.6. The zero-order valence-corrected chi connectivity index (χ0v) is 15.1. The fourth-order valence-corrected chi connectivity index (χ4v) is 2.70. The molecule has 144 valence electrons. The standard InChI is InChI=1S/C16H15F2N3O5S/c1-3-25-15(24)13(8(2)22)27-16-21-20-11(26-16)7-19-14(23)12-9(17)5-4-6-10(12)18/h4-6,13H,3,7H2,1-2H3,(H,19,23)/t13-/m1/s1. The number of rotatable bonds is 8. The maximum atomic E-state index is 13.6. The number of thioether (sulfide) groups is 1. The molecule has 0 spiro atoms. The van der Waals surface area contributed by atoms with Crippen LogP contribution in [0.2, 0.25) is 0 Å². The lowest BCUT2D eigenvalue weighted by Crippen LogP contribution is -2.27. The SMILES string of the molecule is CCOC(=O)[C@H](Sc1nnc(CNC(=O)c2c(F)cccc2F)o1)C(C)=O. The zero-order valence-electron chi connectivity index (χ0n) is 14.3. The summed E-state index contributed by atoms with van der Waals surface area (Å²) in [5, 5.41) is 8.28. The number of ketones is 1. The smallest absolute Gasteiger partial charge is 0.327 e. The molecule has 27 heavy (non-hydrogen) atoms. The van der Waals surface area contributed by atoms with Gasteiger partial charge in [0.25, 0.3) is 11.1 Å². The van der Waals surface area contributed by atoms with Crippen molar-refractivity contribution in [3.8, 4) is 0 Å². The van der Waals surface area contributed by atoms with Crippen molar-refractivity contribution in [3.05, 3.63) is 41.3 Å². The third kappa shape index (κ3) is 5.33. The van der Waals surface area contributed by atoms with Crippen molar-refractivity contribution in [1.29, 1.82) is 0 Å². The van der Waals surface area contributed by atoms with Crippen LogP contribution in [0, 0.1) is 11.6 Å². The number of carbonyl (C=O) groups excluding carboxylic acids is 3. The summed E-state index contributed by atoms with van der Waals surface area (Å²) in [6, 6.07) is 3.05. The number of aromatic nitrogens is 2. The van der Waals surface area contributed by atoms with Crippen molar-refractivity contribution in [2.75, 3.05) is 6.61 Å². The molecule has 0 radical (unpaired) electrons. The highest BCUT2D eigenvalue weighted by Gasteiger charge is 2.28. The van der Waals surface area contributed by atoms with E-state index in [2.05, 4.69) is 15.5 Å². The van der Waals surface area contributed by atoms with Gasteiger partial charge in [-0.1, -0.05) is 6.07 Å². The van der Waals surface area contributed by atoms with Crippen molar-refractivity contribution in [3.63, 3.8) is 0 Å². The van der Waals surface area contributed by atoms with Gasteiger partial charge in [0.15, 0.2) is 11.0 Å². The topological polar surface area (TPSA) is 111 Å². The monoisotopic (exact) mass is 399 g/mol. The zero-order chi connectivity index (χ0) is 20.0. The molecule has 1 N–H and O–H groups in total. The van der Waals surface area contributed by atoms with Crippen molar-refractivity contribution < 1.29 is 32.3 Å². The Labute approximate surface area is 156 Å². The predicted octanol–water partition coefficient (Wildman–Crippen LogP) is 1.89. The number of halogens is 2. The maximum Gasteiger partial charge on any atom is 0.327 e. The Balaban J connectivity index is 2.00. The Bertz CT molecular complexity index is 838. The largest absolute Gasteiger partial charge is 0.465 e. The van der Waals surface area contributed by atoms with Gasteiger partial charge in [0.1, 0.15) is 17.2 Å². The molecule has 8 nitrogen and oxygen atoms in total. The van der Waals surface area contributed by atoms with Crippen LogP contribution < -0.4 is 5.32 Å². The Morgan fingerprint density at radius 1 is 1.26 bits per heavy atom. The lowest BCUT2D eigenvalue weighted by molar-refractivity contribution is -0.144. The number of nitrogens with zero attached hydrogens (tertiary/aromatic N) is 2. The molecule has 0 saturated carbocycles. The van der Waals surface area contributed by atoms with E-state index in [0.29, 0.717) is 11.8 Å². The average Bonchev–Trinajstić information content (AvgIpc) is 3.05. The van der Waals surface area contributed by atoms with Crippen LogP contribution in [0.1, 0.15) is 30.1 Å². The molecule has 0 aliphatic carbocycles. The number of nitrogens with one attached hydrogen (secondary N) is 1. The van der Waals surface area contributed by atoms with E-state index >= 15 is 0 Å². The van der Waals surface area contributed by atoms with E-state index in [0.717, 1.165) is 18.2 Å². The van der Waals surface area contributed by atoms with Crippen LogP contribution in [0.4, 0.5) is 8.78 Å². The number of esters is 1. The van der Waals surface area contributed by atoms with Gasteiger partial charge < -0.3 is 14.5 Å². The van der Waals surface area contributed by atoms with Gasteiger partial charge in [-0.3, -0.25) is 14.4 Å². The highest BCUT2D eigenvalue weighted by atomic mass is 32.2. The molecule has 0 fully saturated rings. The summed E-state index contributed by atoms with van der Waals surface area (Å²) < 4.78 is 37.1. The van der Waals surface area contributed by atoms with Gasteiger partial charge in [0, 0.05) is 0 Å². The van der Waals surface area contributed by atoms with Crippen molar-refractivity contribution >= 4 is 29.4 Å². The molecule has 0 aliphatic heterocycles. The first-order valence-corrected chi connectivity index (χ1v) is 8.59. The van der Waals surface area contributed by atoms with Crippen molar-refractivity contribution in [2.24, 2.45) is 0 Å². The number of amides is 1. The predicted molar refractivity (Wildman–Crippen MR) is 88.8 cm³/mol. The van der Waals surface area contributed by atoms with E-state index in [1.54, 1.807) is 6.92 Å². The van der Waals surface area contributed by atoms with Crippen LogP contribution in [-0.2, 0) is 20.9 Å². The molecule has 2 rings (SSSR count). The molecule has 11 heteroatoms. The Kier molecular flexibility index (Phi) is 6.99. The van der Waals surface area contributed by atoms with Crippen molar-refractivity contribution in [2.45, 2.75) is 30.9 Å². The van der Waals surface area contributed by atoms with Crippen LogP contribution in [0.25, 0.3) is 0 Å². The first-order chi connectivity index (χ1) is 12.8. The molecular weight excluding hydrogens is 384 g/mol. The lowest BCUT2D eigenvalue weighted by atomic mass is 10.2. The summed E-state index contributed by atoms with van der Waals surface area (Å²) in [7, 11) is 0. The summed E-state index contributed by atoms with van der Waals surface area (Å²) in [6.45, 7) is 2.63. The molecule has 2 aromatic rings. The molecule has 1 aromatic heterocycles. The average molecular weight is 399 g/mol. The molecule has 0 saturated heterocycles. The van der Waals surface area contributed by atoms with Gasteiger partial charge in [-0.05, 0) is 37.7 Å². The van der Waals surface area contributed by atoms with Crippen LogP contribution in [-0.4, -0.2) is 39.7 Å². The van der Waals surface area contributed by atoms with Crippen LogP contribution in [0.15, 0.2) is 27.8 Å². The Hall–Kier alpha value is -2.82. The summed E-state index contributed by atoms with van der Waals surface area (Å²) in [4.78, 5) is 35.2. The van der Waals surface area contributed by atoms with Crippen LogP contribution in [0.5, 0.6) is 0 Å². The highest BCUT2D eigenvalue weighted by molar-refractivity contribution is 8.01. The summed E-state index contributed by atoms with van der Waals surface area (Å²) in [5.41, 5.74) is -0.731. The van der Waals surface area contributed by atoms with E-state index in [1.807, 2.05) is 0 Å². The molecule has 0 unspecified atom stereocenters. The third-order valence-corrected chi connectivity index (χ3v) is 4.25. The van der Waals surface area contributed by atoms with E-state index in [1.165, 1.54) is 6.92 Å². The lowest BCUT2D eigenvalue weighted by Gasteiger charge is -2.09. The van der Waals surface area contributed by atoms with E-state index in [-0.39, 0.29) is 24.3 Å². The number of carbonyl (C=O) groups is 3. The number of hydrogen-bond donors (Lipinski definition) is 1. The molecule has 1 amide bonds. The number of ether oxygens (including phenoxy) is 1. The Morgan fingerprint density at radius 3 is 2.52 bits per heavy atom. The third-order valence-electron chi connectivity index (χ3n) is 3.13. The second-order valence-corrected chi connectivity index (χ2v) is 6.16. The van der Waals surface area contributed by atoms with Gasteiger partial charge in [-0.2, -0.15) is 0 Å². The second-order valence-electron chi connectivity index (χ2n) is 5.10. The number of benzene rings is 1. The first kappa shape index (κ1) is 20.5. The van der Waals surface area contributed by atoms with E-state index in [4.69, 9.17) is 9.15 Å². The van der Waals surface area contributed by atoms with Gasteiger partial charge in [0.05, 0.1) is 13.2 Å². The van der Waals surface area contributed by atoms with Gasteiger partial charge in [0.2, 0.25) is 5.89 Å². The highest BCUT2D eigenvalue weighted by Crippen LogP contribution is 2.24. The molecule has 0 bridgehead atoms. The molecular formula is C16H15F2N3O5S. The quantitative estimate of drug-likeness (QED) is 0.407. The van der Waals surface area contributed by atoms with E-state index in [9.17, 15) is 23.2 Å². The van der Waals surface area contributed by atoms with Gasteiger partial charge >= 0.3 is 5.97 Å². The minimum atomic E-state index is -1.17. The number of Topliss-reactive ketones (excluding diaryl/α,β-unsaturated/α-hetero) is 1. The summed E-state index contributed by atoms with van der Waals surface area (Å²) in [5.74, 6) is -4.28.